The lowest BCUT2D eigenvalue weighted by molar-refractivity contribution is -0.143. The summed E-state index contributed by atoms with van der Waals surface area (Å²) < 4.78 is 16.2. The topological polar surface area (TPSA) is 73.9 Å². The second kappa shape index (κ2) is 11.5. The molecule has 0 aromatic heterocycles. The van der Waals surface area contributed by atoms with E-state index < -0.39 is 12.1 Å². The molecule has 6 heteroatoms. The fraction of sp³-hybridized carbons (Fsp3) is 0.304. The van der Waals surface area contributed by atoms with Crippen LogP contribution in [-0.2, 0) is 14.3 Å². The molecule has 1 N–H and O–H groups in total. The summed E-state index contributed by atoms with van der Waals surface area (Å²) in [7, 11) is 3.09. The van der Waals surface area contributed by atoms with Crippen molar-refractivity contribution in [1.29, 1.82) is 0 Å². The monoisotopic (exact) mass is 397 g/mol. The van der Waals surface area contributed by atoms with Gasteiger partial charge in [0.05, 0.1) is 20.8 Å². The van der Waals surface area contributed by atoms with Gasteiger partial charge in [0.2, 0.25) is 5.91 Å². The average molecular weight is 397 g/mol. The number of esters is 1. The molecule has 154 valence electrons. The highest BCUT2D eigenvalue weighted by Crippen LogP contribution is 2.31. The molecule has 0 bridgehead atoms. The second-order valence-electron chi connectivity index (χ2n) is 6.34. The Labute approximate surface area is 171 Å². The molecule has 0 heterocycles. The smallest absolute Gasteiger partial charge is 0.331 e. The van der Waals surface area contributed by atoms with Crippen LogP contribution in [0.25, 0.3) is 6.08 Å². The van der Waals surface area contributed by atoms with Crippen molar-refractivity contribution in [3.05, 3.63) is 65.7 Å². The standard InChI is InChI=1S/C23H27NO5/c1-4-8-22(25)24-16-21(18-12-13-19(27-2)20(15-18)28-3)29-23(26)14-11-17-9-6-5-7-10-17/h5-7,9-15,21H,4,8,16H2,1-3H3,(H,24,25)/b14-11+/t21-/m1/s1. The van der Waals surface area contributed by atoms with Gasteiger partial charge >= 0.3 is 5.97 Å². The van der Waals surface area contributed by atoms with E-state index in [0.717, 1.165) is 12.0 Å². The van der Waals surface area contributed by atoms with Gasteiger partial charge in [-0.1, -0.05) is 43.3 Å². The van der Waals surface area contributed by atoms with Gasteiger partial charge in [-0.15, -0.1) is 0 Å². The van der Waals surface area contributed by atoms with Crippen LogP contribution in [0, 0.1) is 0 Å². The van der Waals surface area contributed by atoms with Crippen molar-refractivity contribution in [3.8, 4) is 11.5 Å². The van der Waals surface area contributed by atoms with E-state index in [9.17, 15) is 9.59 Å². The summed E-state index contributed by atoms with van der Waals surface area (Å²) in [6.45, 7) is 2.10. The van der Waals surface area contributed by atoms with Crippen LogP contribution in [0.15, 0.2) is 54.6 Å². The number of amides is 1. The highest BCUT2D eigenvalue weighted by atomic mass is 16.5. The third kappa shape index (κ3) is 6.99. The zero-order valence-corrected chi connectivity index (χ0v) is 17.0. The first-order chi connectivity index (χ1) is 14.1. The molecule has 0 fully saturated rings. The predicted molar refractivity (Wildman–Crippen MR) is 112 cm³/mol. The number of carbonyl (C=O) groups excluding carboxylic acids is 2. The minimum Gasteiger partial charge on any atom is -0.493 e. The van der Waals surface area contributed by atoms with Crippen molar-refractivity contribution in [2.45, 2.75) is 25.9 Å². The number of nitrogens with one attached hydrogen (secondary N) is 1. The Hall–Kier alpha value is -3.28. The molecule has 0 aliphatic heterocycles. The largest absolute Gasteiger partial charge is 0.493 e. The lowest BCUT2D eigenvalue weighted by Gasteiger charge is -2.19. The highest BCUT2D eigenvalue weighted by molar-refractivity contribution is 5.87. The van der Waals surface area contributed by atoms with Crippen LogP contribution in [0.5, 0.6) is 11.5 Å². The number of hydrogen-bond acceptors (Lipinski definition) is 5. The molecule has 2 rings (SSSR count). The molecule has 1 atom stereocenters. The van der Waals surface area contributed by atoms with Crippen molar-refractivity contribution in [1.82, 2.24) is 5.32 Å². The molecule has 2 aromatic carbocycles. The van der Waals surface area contributed by atoms with Gasteiger partial charge in [0.1, 0.15) is 6.10 Å². The van der Waals surface area contributed by atoms with Gasteiger partial charge < -0.3 is 19.5 Å². The number of methoxy groups -OCH3 is 2. The fourth-order valence-corrected chi connectivity index (χ4v) is 2.71. The summed E-state index contributed by atoms with van der Waals surface area (Å²) in [6.07, 6.45) is 3.55. The third-order valence-corrected chi connectivity index (χ3v) is 4.21. The van der Waals surface area contributed by atoms with E-state index in [1.165, 1.54) is 13.2 Å². The van der Waals surface area contributed by atoms with Crippen molar-refractivity contribution < 1.29 is 23.8 Å². The molecule has 0 saturated carbocycles. The average Bonchev–Trinajstić information content (AvgIpc) is 2.75. The molecule has 0 aliphatic rings. The Bertz CT molecular complexity index is 832. The summed E-state index contributed by atoms with van der Waals surface area (Å²) in [5.74, 6) is 0.498. The maximum Gasteiger partial charge on any atom is 0.331 e. The van der Waals surface area contributed by atoms with E-state index in [-0.39, 0.29) is 12.5 Å². The van der Waals surface area contributed by atoms with E-state index in [4.69, 9.17) is 14.2 Å². The SMILES string of the molecule is CCCC(=O)NC[C@@H](OC(=O)/C=C/c1ccccc1)c1ccc(OC)c(OC)c1. The van der Waals surface area contributed by atoms with Crippen LogP contribution in [0.2, 0.25) is 0 Å². The Balaban J connectivity index is 2.17. The third-order valence-electron chi connectivity index (χ3n) is 4.21. The van der Waals surface area contributed by atoms with Crippen LogP contribution in [0.3, 0.4) is 0 Å². The molecule has 6 nitrogen and oxygen atoms in total. The number of rotatable bonds is 10. The van der Waals surface area contributed by atoms with Crippen molar-refractivity contribution in [2.24, 2.45) is 0 Å². The molecule has 0 unspecified atom stereocenters. The number of ether oxygens (including phenoxy) is 3. The molecular weight excluding hydrogens is 370 g/mol. The Morgan fingerprint density at radius 1 is 1.03 bits per heavy atom. The van der Waals surface area contributed by atoms with Gasteiger partial charge in [-0.25, -0.2) is 4.79 Å². The van der Waals surface area contributed by atoms with Gasteiger partial charge in [0, 0.05) is 12.5 Å². The molecule has 2 aromatic rings. The van der Waals surface area contributed by atoms with Gasteiger partial charge in [-0.2, -0.15) is 0 Å². The van der Waals surface area contributed by atoms with Crippen LogP contribution < -0.4 is 14.8 Å². The Morgan fingerprint density at radius 3 is 2.41 bits per heavy atom. The van der Waals surface area contributed by atoms with Gasteiger partial charge in [-0.3, -0.25) is 4.79 Å². The van der Waals surface area contributed by atoms with Gasteiger partial charge in [0.25, 0.3) is 0 Å². The molecule has 1 amide bonds. The first-order valence-corrected chi connectivity index (χ1v) is 9.49. The molecular formula is C23H27NO5. The fourth-order valence-electron chi connectivity index (χ4n) is 2.71. The molecule has 0 saturated heterocycles. The number of benzene rings is 2. The lowest BCUT2D eigenvalue weighted by atomic mass is 10.1. The molecule has 29 heavy (non-hydrogen) atoms. The van der Waals surface area contributed by atoms with Crippen LogP contribution in [0.4, 0.5) is 0 Å². The normalized spacial score (nSPS) is 11.7. The van der Waals surface area contributed by atoms with Crippen molar-refractivity contribution in [2.75, 3.05) is 20.8 Å². The Kier molecular flexibility index (Phi) is 8.76. The first-order valence-electron chi connectivity index (χ1n) is 9.49. The maximum absolute atomic E-state index is 12.4. The van der Waals surface area contributed by atoms with Gasteiger partial charge in [0.15, 0.2) is 11.5 Å². The van der Waals surface area contributed by atoms with E-state index in [2.05, 4.69) is 5.32 Å². The zero-order valence-electron chi connectivity index (χ0n) is 17.0. The summed E-state index contributed by atoms with van der Waals surface area (Å²) in [5, 5.41) is 2.82. The summed E-state index contributed by atoms with van der Waals surface area (Å²) in [5.41, 5.74) is 1.59. The quantitative estimate of drug-likeness (QED) is 0.486. The van der Waals surface area contributed by atoms with Crippen LogP contribution in [0.1, 0.15) is 37.0 Å². The molecule has 0 spiro atoms. The number of carbonyl (C=O) groups is 2. The summed E-state index contributed by atoms with van der Waals surface area (Å²) in [4.78, 5) is 24.3. The van der Waals surface area contributed by atoms with Crippen LogP contribution >= 0.6 is 0 Å². The molecule has 0 aliphatic carbocycles. The first kappa shape index (κ1) is 22.0. The lowest BCUT2D eigenvalue weighted by Crippen LogP contribution is -2.30. The summed E-state index contributed by atoms with van der Waals surface area (Å²) >= 11 is 0. The minimum atomic E-state index is -0.663. The predicted octanol–water partition coefficient (Wildman–Crippen LogP) is 3.92. The second-order valence-corrected chi connectivity index (χ2v) is 6.34. The molecule has 0 radical (unpaired) electrons. The van der Waals surface area contributed by atoms with E-state index in [1.54, 1.807) is 31.4 Å². The Morgan fingerprint density at radius 2 is 1.76 bits per heavy atom. The van der Waals surface area contributed by atoms with Crippen molar-refractivity contribution >= 4 is 18.0 Å². The highest BCUT2D eigenvalue weighted by Gasteiger charge is 2.19. The van der Waals surface area contributed by atoms with Gasteiger partial charge in [-0.05, 0) is 35.8 Å². The maximum atomic E-state index is 12.4. The summed E-state index contributed by atoms with van der Waals surface area (Å²) in [6, 6.07) is 14.7. The zero-order chi connectivity index (χ0) is 21.1. The van der Waals surface area contributed by atoms with Crippen LogP contribution in [-0.4, -0.2) is 32.6 Å². The van der Waals surface area contributed by atoms with E-state index in [1.807, 2.05) is 37.3 Å². The minimum absolute atomic E-state index is 0.0890. The van der Waals surface area contributed by atoms with E-state index >= 15 is 0 Å². The van der Waals surface area contributed by atoms with Crippen molar-refractivity contribution in [3.63, 3.8) is 0 Å². The number of hydrogen-bond donors (Lipinski definition) is 1. The van der Waals surface area contributed by atoms with E-state index in [0.29, 0.717) is 23.5 Å².